The molecule has 0 aliphatic rings. The summed E-state index contributed by atoms with van der Waals surface area (Å²) in [5.74, 6) is -1.10. The van der Waals surface area contributed by atoms with Gasteiger partial charge in [-0.2, -0.15) is 0 Å². The van der Waals surface area contributed by atoms with Crippen molar-refractivity contribution >= 4 is 16.0 Å². The Labute approximate surface area is 111 Å². The minimum Gasteiger partial charge on any atom is -0.492 e. The van der Waals surface area contributed by atoms with Gasteiger partial charge in [0.25, 0.3) is 10.0 Å². The Morgan fingerprint density at radius 2 is 2.11 bits per heavy atom. The third kappa shape index (κ3) is 4.51. The summed E-state index contributed by atoms with van der Waals surface area (Å²) in [5, 5.41) is 8.38. The molecule has 0 unspecified atom stereocenters. The number of sulfonamides is 1. The molecule has 1 aromatic carbocycles. The number of benzene rings is 1. The van der Waals surface area contributed by atoms with Crippen molar-refractivity contribution in [3.05, 3.63) is 23.8 Å². The molecule has 2 N–H and O–H groups in total. The number of rotatable bonds is 7. The fraction of sp³-hybridized carbons (Fsp3) is 0.364. The summed E-state index contributed by atoms with van der Waals surface area (Å²) in [4.78, 5) is 16.3. The van der Waals surface area contributed by atoms with E-state index in [1.54, 1.807) is 24.8 Å². The average molecular weight is 289 g/mol. The minimum atomic E-state index is -3.99. The topological polar surface area (TPSA) is 102 Å². The molecule has 1 rings (SSSR count). The SMILES string of the molecule is CCOc1ccc(C)cc1S(=O)(=O)NOCC(=O)O. The van der Waals surface area contributed by atoms with E-state index in [0.717, 1.165) is 5.56 Å². The largest absolute Gasteiger partial charge is 0.492 e. The van der Waals surface area contributed by atoms with E-state index >= 15 is 0 Å². The number of carbonyl (C=O) groups is 1. The van der Waals surface area contributed by atoms with E-state index < -0.39 is 22.6 Å². The van der Waals surface area contributed by atoms with Gasteiger partial charge in [-0.3, -0.25) is 4.84 Å². The van der Waals surface area contributed by atoms with Crippen molar-refractivity contribution in [2.75, 3.05) is 13.2 Å². The monoisotopic (exact) mass is 289 g/mol. The molecule has 0 fully saturated rings. The second kappa shape index (κ2) is 6.50. The third-order valence-corrected chi connectivity index (χ3v) is 3.29. The highest BCUT2D eigenvalue weighted by Gasteiger charge is 2.20. The van der Waals surface area contributed by atoms with Crippen LogP contribution in [0, 0.1) is 6.92 Å². The molecule has 19 heavy (non-hydrogen) atoms. The molecule has 0 bridgehead atoms. The molecular formula is C11H15NO6S. The lowest BCUT2D eigenvalue weighted by atomic mass is 10.2. The van der Waals surface area contributed by atoms with Crippen molar-refractivity contribution < 1.29 is 27.9 Å². The van der Waals surface area contributed by atoms with E-state index in [4.69, 9.17) is 9.84 Å². The van der Waals surface area contributed by atoms with Crippen LogP contribution in [0.4, 0.5) is 0 Å². The third-order valence-electron chi connectivity index (χ3n) is 2.05. The highest BCUT2D eigenvalue weighted by molar-refractivity contribution is 7.89. The maximum Gasteiger partial charge on any atom is 0.331 e. The molecule has 0 aliphatic carbocycles. The summed E-state index contributed by atoms with van der Waals surface area (Å²) >= 11 is 0. The number of carboxylic acids is 1. The lowest BCUT2D eigenvalue weighted by Crippen LogP contribution is -2.27. The van der Waals surface area contributed by atoms with Gasteiger partial charge in [0.2, 0.25) is 0 Å². The van der Waals surface area contributed by atoms with Crippen LogP contribution >= 0.6 is 0 Å². The second-order valence-corrected chi connectivity index (χ2v) is 5.27. The second-order valence-electron chi connectivity index (χ2n) is 3.65. The van der Waals surface area contributed by atoms with Crippen molar-refractivity contribution in [3.8, 4) is 5.75 Å². The Morgan fingerprint density at radius 3 is 2.68 bits per heavy atom. The van der Waals surface area contributed by atoms with Gasteiger partial charge in [0.05, 0.1) is 6.61 Å². The van der Waals surface area contributed by atoms with Crippen molar-refractivity contribution in [1.82, 2.24) is 4.89 Å². The Balaban J connectivity index is 2.98. The zero-order valence-electron chi connectivity index (χ0n) is 10.5. The smallest absolute Gasteiger partial charge is 0.331 e. The molecule has 0 aromatic heterocycles. The van der Waals surface area contributed by atoms with Crippen LogP contribution in [0.5, 0.6) is 5.75 Å². The summed E-state index contributed by atoms with van der Waals surface area (Å²) in [6, 6.07) is 4.66. The summed E-state index contributed by atoms with van der Waals surface area (Å²) in [6.07, 6.45) is 0. The van der Waals surface area contributed by atoms with Crippen LogP contribution in [-0.4, -0.2) is 32.7 Å². The predicted octanol–water partition coefficient (Wildman–Crippen LogP) is 0.688. The molecule has 106 valence electrons. The number of aliphatic carboxylic acids is 1. The molecule has 0 saturated carbocycles. The molecule has 0 atom stereocenters. The Kier molecular flexibility index (Phi) is 5.28. The van der Waals surface area contributed by atoms with E-state index in [1.807, 2.05) is 0 Å². The summed E-state index contributed by atoms with van der Waals surface area (Å²) < 4.78 is 29.1. The highest BCUT2D eigenvalue weighted by Crippen LogP contribution is 2.24. The normalized spacial score (nSPS) is 11.3. The minimum absolute atomic E-state index is 0.0975. The van der Waals surface area contributed by atoms with Gasteiger partial charge < -0.3 is 9.84 Å². The van der Waals surface area contributed by atoms with Gasteiger partial charge in [0.15, 0.2) is 6.61 Å². The molecule has 0 saturated heterocycles. The Hall–Kier alpha value is -1.64. The van der Waals surface area contributed by atoms with Crippen LogP contribution in [0.25, 0.3) is 0 Å². The van der Waals surface area contributed by atoms with Crippen molar-refractivity contribution in [2.24, 2.45) is 0 Å². The van der Waals surface area contributed by atoms with E-state index in [2.05, 4.69) is 4.84 Å². The molecule has 8 heteroatoms. The molecule has 0 aliphatic heterocycles. The van der Waals surface area contributed by atoms with Gasteiger partial charge in [0.1, 0.15) is 10.6 Å². The summed E-state index contributed by atoms with van der Waals surface area (Å²) in [7, 11) is -3.99. The first-order valence-electron chi connectivity index (χ1n) is 5.45. The van der Waals surface area contributed by atoms with E-state index in [1.165, 1.54) is 12.1 Å². The number of carboxylic acid groups (broad SMARTS) is 1. The van der Waals surface area contributed by atoms with Crippen LogP contribution in [-0.2, 0) is 19.7 Å². The number of hydrogen-bond donors (Lipinski definition) is 2. The maximum atomic E-state index is 12.0. The van der Waals surface area contributed by atoms with Crippen LogP contribution in [0.15, 0.2) is 23.1 Å². The zero-order chi connectivity index (χ0) is 14.5. The lowest BCUT2D eigenvalue weighted by Gasteiger charge is -2.12. The molecule has 0 radical (unpaired) electrons. The Bertz CT molecular complexity index is 554. The number of nitrogens with one attached hydrogen (secondary N) is 1. The van der Waals surface area contributed by atoms with Crippen LogP contribution < -0.4 is 9.62 Å². The van der Waals surface area contributed by atoms with Gasteiger partial charge in [0, 0.05) is 0 Å². The van der Waals surface area contributed by atoms with E-state index in [0.29, 0.717) is 6.61 Å². The fourth-order valence-electron chi connectivity index (χ4n) is 1.31. The first-order chi connectivity index (χ1) is 8.86. The van der Waals surface area contributed by atoms with Gasteiger partial charge >= 0.3 is 5.97 Å². The molecule has 0 spiro atoms. The number of ether oxygens (including phenoxy) is 1. The first kappa shape index (κ1) is 15.4. The average Bonchev–Trinajstić information content (AvgIpc) is 2.31. The highest BCUT2D eigenvalue weighted by atomic mass is 32.2. The summed E-state index contributed by atoms with van der Waals surface area (Å²) in [6.45, 7) is 2.99. The van der Waals surface area contributed by atoms with Crippen LogP contribution in [0.3, 0.4) is 0 Å². The first-order valence-corrected chi connectivity index (χ1v) is 6.94. The van der Waals surface area contributed by atoms with Gasteiger partial charge in [-0.1, -0.05) is 11.0 Å². The predicted molar refractivity (Wildman–Crippen MR) is 66.3 cm³/mol. The number of aryl methyl sites for hydroxylation is 1. The van der Waals surface area contributed by atoms with Gasteiger partial charge in [-0.05, 0) is 31.5 Å². The zero-order valence-corrected chi connectivity index (χ0v) is 11.4. The van der Waals surface area contributed by atoms with Gasteiger partial charge in [-0.25, -0.2) is 13.2 Å². The van der Waals surface area contributed by atoms with Gasteiger partial charge in [-0.15, -0.1) is 0 Å². The Morgan fingerprint density at radius 1 is 1.42 bits per heavy atom. The molecule has 0 amide bonds. The quantitative estimate of drug-likeness (QED) is 0.716. The van der Waals surface area contributed by atoms with Crippen molar-refractivity contribution in [2.45, 2.75) is 18.7 Å². The van der Waals surface area contributed by atoms with E-state index in [9.17, 15) is 13.2 Å². The molecule has 7 nitrogen and oxygen atoms in total. The van der Waals surface area contributed by atoms with Crippen molar-refractivity contribution in [3.63, 3.8) is 0 Å². The van der Waals surface area contributed by atoms with Crippen LogP contribution in [0.2, 0.25) is 0 Å². The lowest BCUT2D eigenvalue weighted by molar-refractivity contribution is -0.143. The molecule has 1 aromatic rings. The fourth-order valence-corrected chi connectivity index (χ4v) is 2.35. The van der Waals surface area contributed by atoms with E-state index in [-0.39, 0.29) is 10.6 Å². The van der Waals surface area contributed by atoms with Crippen LogP contribution in [0.1, 0.15) is 12.5 Å². The standard InChI is InChI=1S/C11H15NO6S/c1-3-17-9-5-4-8(2)6-10(9)19(15,16)12-18-7-11(13)14/h4-6,12H,3,7H2,1-2H3,(H,13,14). The van der Waals surface area contributed by atoms with Crippen molar-refractivity contribution in [1.29, 1.82) is 0 Å². The molecular weight excluding hydrogens is 274 g/mol. The number of hydrogen-bond acceptors (Lipinski definition) is 5. The summed E-state index contributed by atoms with van der Waals surface area (Å²) in [5.41, 5.74) is 0.724. The molecule has 0 heterocycles. The maximum absolute atomic E-state index is 12.0.